The summed E-state index contributed by atoms with van der Waals surface area (Å²) in [5.41, 5.74) is 0.795. The van der Waals surface area contributed by atoms with Gasteiger partial charge < -0.3 is 9.47 Å². The minimum Gasteiger partial charge on any atom is -0.427 e. The van der Waals surface area contributed by atoms with E-state index < -0.39 is 23.8 Å². The molecule has 0 fully saturated rings. The molecule has 0 spiro atoms. The standard InChI is InChI=1S/C23H15NO6/c1-14(25)29-18-10-8-16(9-11-18)24-21(26)19-12-7-15(13-20(19)22(24)27)23(28)30-17-5-3-2-4-6-17/h2-13H,1H3. The maximum atomic E-state index is 12.9. The highest BCUT2D eigenvalue weighted by Crippen LogP contribution is 2.30. The van der Waals surface area contributed by atoms with Crippen molar-refractivity contribution in [1.82, 2.24) is 0 Å². The Hall–Kier alpha value is -4.26. The molecular formula is C23H15NO6. The molecule has 0 radical (unpaired) electrons. The minimum atomic E-state index is -0.631. The molecular weight excluding hydrogens is 386 g/mol. The van der Waals surface area contributed by atoms with Gasteiger partial charge in [-0.3, -0.25) is 14.4 Å². The number of amides is 2. The molecule has 7 nitrogen and oxygen atoms in total. The number of nitrogens with zero attached hydrogens (tertiary/aromatic N) is 1. The minimum absolute atomic E-state index is 0.117. The first-order chi connectivity index (χ1) is 14.4. The molecule has 1 aliphatic heterocycles. The van der Waals surface area contributed by atoms with Crippen LogP contribution < -0.4 is 14.4 Å². The van der Waals surface area contributed by atoms with E-state index in [9.17, 15) is 19.2 Å². The quantitative estimate of drug-likeness (QED) is 0.377. The van der Waals surface area contributed by atoms with Crippen LogP contribution in [0.2, 0.25) is 0 Å². The summed E-state index contributed by atoms with van der Waals surface area (Å²) in [5, 5.41) is 0. The number of hydrogen-bond donors (Lipinski definition) is 0. The van der Waals surface area contributed by atoms with Gasteiger partial charge in [0.2, 0.25) is 0 Å². The van der Waals surface area contributed by atoms with Crippen LogP contribution >= 0.6 is 0 Å². The van der Waals surface area contributed by atoms with Crippen molar-refractivity contribution in [3.8, 4) is 11.5 Å². The van der Waals surface area contributed by atoms with Gasteiger partial charge in [0.1, 0.15) is 11.5 Å². The Bertz CT molecular complexity index is 1170. The second-order valence-electron chi connectivity index (χ2n) is 6.50. The van der Waals surface area contributed by atoms with Crippen LogP contribution in [-0.2, 0) is 4.79 Å². The Kier molecular flexibility index (Phi) is 4.85. The van der Waals surface area contributed by atoms with Crippen LogP contribution in [-0.4, -0.2) is 23.8 Å². The fraction of sp³-hybridized carbons (Fsp3) is 0.0435. The Morgan fingerprint density at radius 3 is 2.03 bits per heavy atom. The number of rotatable bonds is 4. The zero-order chi connectivity index (χ0) is 21.3. The number of fused-ring (bicyclic) bond motifs is 1. The van der Waals surface area contributed by atoms with Crippen molar-refractivity contribution >= 4 is 29.4 Å². The Morgan fingerprint density at radius 2 is 1.37 bits per heavy atom. The maximum Gasteiger partial charge on any atom is 0.343 e. The van der Waals surface area contributed by atoms with Crippen LogP contribution in [0.4, 0.5) is 5.69 Å². The van der Waals surface area contributed by atoms with Crippen molar-refractivity contribution in [3.63, 3.8) is 0 Å². The second kappa shape index (κ2) is 7.63. The normalized spacial score (nSPS) is 12.5. The summed E-state index contributed by atoms with van der Waals surface area (Å²) in [6, 6.07) is 18.8. The van der Waals surface area contributed by atoms with Gasteiger partial charge in [-0.2, -0.15) is 0 Å². The van der Waals surface area contributed by atoms with E-state index in [4.69, 9.17) is 9.47 Å². The molecule has 0 N–H and O–H groups in total. The number of para-hydroxylation sites is 1. The molecule has 0 bridgehead atoms. The molecule has 0 aromatic heterocycles. The van der Waals surface area contributed by atoms with Crippen molar-refractivity contribution in [2.24, 2.45) is 0 Å². The van der Waals surface area contributed by atoms with Gasteiger partial charge in [0.05, 0.1) is 22.4 Å². The van der Waals surface area contributed by atoms with Crippen molar-refractivity contribution in [3.05, 3.63) is 89.5 Å². The number of ether oxygens (including phenoxy) is 2. The van der Waals surface area contributed by atoms with Crippen LogP contribution in [0.15, 0.2) is 72.8 Å². The van der Waals surface area contributed by atoms with Gasteiger partial charge in [0, 0.05) is 6.92 Å². The zero-order valence-corrected chi connectivity index (χ0v) is 15.8. The summed E-state index contributed by atoms with van der Waals surface area (Å²) in [5.74, 6) is -1.48. The molecule has 4 rings (SSSR count). The lowest BCUT2D eigenvalue weighted by Crippen LogP contribution is -2.29. The highest BCUT2D eigenvalue weighted by Gasteiger charge is 2.37. The molecule has 7 heteroatoms. The zero-order valence-electron chi connectivity index (χ0n) is 15.8. The molecule has 3 aromatic carbocycles. The summed E-state index contributed by atoms with van der Waals surface area (Å²) in [4.78, 5) is 50.1. The lowest BCUT2D eigenvalue weighted by atomic mass is 10.1. The van der Waals surface area contributed by atoms with Crippen molar-refractivity contribution in [1.29, 1.82) is 0 Å². The third-order valence-corrected chi connectivity index (χ3v) is 4.43. The molecule has 0 saturated carbocycles. The third-order valence-electron chi connectivity index (χ3n) is 4.43. The topological polar surface area (TPSA) is 90.0 Å². The first kappa shape index (κ1) is 19.1. The summed E-state index contributed by atoms with van der Waals surface area (Å²) >= 11 is 0. The Morgan fingerprint density at radius 1 is 0.733 bits per heavy atom. The van der Waals surface area contributed by atoms with E-state index in [1.807, 2.05) is 0 Å². The number of hydrogen-bond acceptors (Lipinski definition) is 6. The van der Waals surface area contributed by atoms with E-state index in [-0.39, 0.29) is 16.7 Å². The van der Waals surface area contributed by atoms with Gasteiger partial charge in [-0.25, -0.2) is 9.69 Å². The predicted molar refractivity (Wildman–Crippen MR) is 107 cm³/mol. The summed E-state index contributed by atoms with van der Waals surface area (Å²) < 4.78 is 10.2. The highest BCUT2D eigenvalue weighted by atomic mass is 16.5. The molecule has 1 aliphatic rings. The first-order valence-electron chi connectivity index (χ1n) is 9.02. The van der Waals surface area contributed by atoms with Crippen LogP contribution in [0, 0.1) is 0 Å². The van der Waals surface area contributed by atoms with Gasteiger partial charge in [-0.15, -0.1) is 0 Å². The largest absolute Gasteiger partial charge is 0.427 e. The summed E-state index contributed by atoms with van der Waals surface area (Å²) in [6.07, 6.45) is 0. The second-order valence-corrected chi connectivity index (χ2v) is 6.50. The van der Waals surface area contributed by atoms with Gasteiger partial charge in [-0.1, -0.05) is 18.2 Å². The Labute approximate surface area is 171 Å². The Balaban J connectivity index is 1.59. The van der Waals surface area contributed by atoms with Crippen molar-refractivity contribution < 1.29 is 28.7 Å². The van der Waals surface area contributed by atoms with Crippen LogP contribution in [0.3, 0.4) is 0 Å². The van der Waals surface area contributed by atoms with Crippen LogP contribution in [0.1, 0.15) is 38.0 Å². The van der Waals surface area contributed by atoms with E-state index in [0.29, 0.717) is 17.2 Å². The van der Waals surface area contributed by atoms with Crippen LogP contribution in [0.5, 0.6) is 11.5 Å². The third kappa shape index (κ3) is 3.56. The fourth-order valence-electron chi connectivity index (χ4n) is 3.09. The smallest absolute Gasteiger partial charge is 0.343 e. The lowest BCUT2D eigenvalue weighted by molar-refractivity contribution is -0.131. The van der Waals surface area contributed by atoms with Crippen molar-refractivity contribution in [2.75, 3.05) is 4.90 Å². The average molecular weight is 401 g/mol. The molecule has 30 heavy (non-hydrogen) atoms. The molecule has 148 valence electrons. The molecule has 2 amide bonds. The highest BCUT2D eigenvalue weighted by molar-refractivity contribution is 6.34. The first-order valence-corrected chi connectivity index (χ1v) is 9.02. The summed E-state index contributed by atoms with van der Waals surface area (Å²) in [7, 11) is 0. The SMILES string of the molecule is CC(=O)Oc1ccc(N2C(=O)c3ccc(C(=O)Oc4ccccc4)cc3C2=O)cc1. The average Bonchev–Trinajstić information content (AvgIpc) is 2.99. The lowest BCUT2D eigenvalue weighted by Gasteiger charge is -2.14. The maximum absolute atomic E-state index is 12.9. The van der Waals surface area contributed by atoms with Crippen molar-refractivity contribution in [2.45, 2.75) is 6.92 Å². The molecule has 0 saturated heterocycles. The number of anilines is 1. The molecule has 0 atom stereocenters. The van der Waals surface area contributed by atoms with Gasteiger partial charge in [0.25, 0.3) is 11.8 Å². The number of esters is 2. The van der Waals surface area contributed by atoms with E-state index in [0.717, 1.165) is 4.90 Å². The summed E-state index contributed by atoms with van der Waals surface area (Å²) in [6.45, 7) is 1.28. The number of carbonyl (C=O) groups excluding carboxylic acids is 4. The number of imide groups is 1. The van der Waals surface area contributed by atoms with Gasteiger partial charge >= 0.3 is 11.9 Å². The molecule has 0 aliphatic carbocycles. The van der Waals surface area contributed by atoms with E-state index in [1.54, 1.807) is 30.3 Å². The molecule has 1 heterocycles. The van der Waals surface area contributed by atoms with E-state index in [1.165, 1.54) is 49.4 Å². The monoisotopic (exact) mass is 401 g/mol. The number of carbonyl (C=O) groups is 4. The molecule has 3 aromatic rings. The molecule has 0 unspecified atom stereocenters. The van der Waals surface area contributed by atoms with Crippen LogP contribution in [0.25, 0.3) is 0 Å². The van der Waals surface area contributed by atoms with E-state index in [2.05, 4.69) is 0 Å². The van der Waals surface area contributed by atoms with Gasteiger partial charge in [-0.05, 0) is 54.6 Å². The van der Waals surface area contributed by atoms with E-state index >= 15 is 0 Å². The fourth-order valence-corrected chi connectivity index (χ4v) is 3.09. The number of benzene rings is 3. The predicted octanol–water partition coefficient (Wildman–Crippen LogP) is 3.63. The van der Waals surface area contributed by atoms with Gasteiger partial charge in [0.15, 0.2) is 0 Å².